The quantitative estimate of drug-likeness (QED) is 0.692. The molecule has 0 aliphatic carbocycles. The van der Waals surface area contributed by atoms with Crippen molar-refractivity contribution in [2.24, 2.45) is 0 Å². The fraction of sp³-hybridized carbons (Fsp3) is 0.591. The lowest BCUT2D eigenvalue weighted by Gasteiger charge is -2.39. The molecule has 0 radical (unpaired) electrons. The van der Waals surface area contributed by atoms with E-state index in [-0.39, 0.29) is 17.9 Å². The highest BCUT2D eigenvalue weighted by molar-refractivity contribution is 5.81. The van der Waals surface area contributed by atoms with Crippen LogP contribution >= 0.6 is 0 Å². The van der Waals surface area contributed by atoms with Gasteiger partial charge in [0.2, 0.25) is 23.5 Å². The zero-order valence-corrected chi connectivity index (χ0v) is 18.1. The lowest BCUT2D eigenvalue weighted by Crippen LogP contribution is -2.56. The minimum absolute atomic E-state index is 0.0794. The normalized spacial score (nSPS) is 18.7. The molecular formula is C22H30N6O3. The molecule has 1 unspecified atom stereocenters. The first kappa shape index (κ1) is 21.4. The average molecular weight is 427 g/mol. The molecule has 0 saturated carbocycles. The summed E-state index contributed by atoms with van der Waals surface area (Å²) in [5.41, 5.74) is 0.785. The van der Waals surface area contributed by atoms with Gasteiger partial charge < -0.3 is 14.3 Å². The summed E-state index contributed by atoms with van der Waals surface area (Å²) in [4.78, 5) is 39.9. The maximum atomic E-state index is 12.8. The second kappa shape index (κ2) is 10.00. The second-order valence-electron chi connectivity index (χ2n) is 8.23. The van der Waals surface area contributed by atoms with Gasteiger partial charge in [0.15, 0.2) is 0 Å². The smallest absolute Gasteiger partial charge is 0.239 e. The van der Waals surface area contributed by atoms with Crippen LogP contribution in [0.4, 0.5) is 0 Å². The van der Waals surface area contributed by atoms with Crippen LogP contribution in [0.25, 0.3) is 11.4 Å². The maximum absolute atomic E-state index is 12.8. The number of pyridine rings is 1. The van der Waals surface area contributed by atoms with Crippen LogP contribution in [0.15, 0.2) is 29.0 Å². The third-order valence-corrected chi connectivity index (χ3v) is 6.18. The van der Waals surface area contributed by atoms with Crippen LogP contribution in [0.1, 0.15) is 38.5 Å². The number of carbonyl (C=O) groups excluding carboxylic acids is 2. The zero-order valence-electron chi connectivity index (χ0n) is 18.1. The van der Waals surface area contributed by atoms with Crippen LogP contribution in [0, 0.1) is 0 Å². The van der Waals surface area contributed by atoms with Gasteiger partial charge in [-0.1, -0.05) is 5.16 Å². The lowest BCUT2D eigenvalue weighted by molar-refractivity contribution is -0.139. The van der Waals surface area contributed by atoms with Crippen LogP contribution in [-0.2, 0) is 16.0 Å². The Morgan fingerprint density at radius 2 is 1.84 bits per heavy atom. The summed E-state index contributed by atoms with van der Waals surface area (Å²) in [6.45, 7) is 6.46. The summed E-state index contributed by atoms with van der Waals surface area (Å²) >= 11 is 0. The molecule has 0 N–H and O–H groups in total. The highest BCUT2D eigenvalue weighted by atomic mass is 16.5. The van der Waals surface area contributed by atoms with Gasteiger partial charge in [-0.05, 0) is 38.3 Å². The lowest BCUT2D eigenvalue weighted by atomic mass is 10.1. The molecule has 9 heteroatoms. The first-order valence-corrected chi connectivity index (χ1v) is 11.2. The number of hydrogen-bond acceptors (Lipinski definition) is 7. The molecule has 0 spiro atoms. The molecule has 1 atom stereocenters. The van der Waals surface area contributed by atoms with E-state index in [4.69, 9.17) is 4.52 Å². The van der Waals surface area contributed by atoms with Crippen molar-refractivity contribution in [1.29, 1.82) is 0 Å². The highest BCUT2D eigenvalue weighted by Gasteiger charge is 2.30. The van der Waals surface area contributed by atoms with Crippen molar-refractivity contribution in [1.82, 2.24) is 29.8 Å². The molecule has 0 bridgehead atoms. The average Bonchev–Trinajstić information content (AvgIpc) is 3.32. The van der Waals surface area contributed by atoms with Crippen molar-refractivity contribution < 1.29 is 14.1 Å². The fourth-order valence-corrected chi connectivity index (χ4v) is 4.23. The summed E-state index contributed by atoms with van der Waals surface area (Å²) < 4.78 is 5.28. The van der Waals surface area contributed by atoms with Crippen LogP contribution in [-0.4, -0.2) is 86.9 Å². The molecular weight excluding hydrogens is 396 g/mol. The van der Waals surface area contributed by atoms with Gasteiger partial charge in [0.05, 0.1) is 6.04 Å². The van der Waals surface area contributed by atoms with Gasteiger partial charge in [-0.15, -0.1) is 0 Å². The van der Waals surface area contributed by atoms with E-state index in [2.05, 4.69) is 20.0 Å². The number of hydrogen-bond donors (Lipinski definition) is 0. The summed E-state index contributed by atoms with van der Waals surface area (Å²) in [5.74, 6) is 1.24. The van der Waals surface area contributed by atoms with Crippen molar-refractivity contribution >= 4 is 11.8 Å². The predicted molar refractivity (Wildman–Crippen MR) is 114 cm³/mol. The van der Waals surface area contributed by atoms with Gasteiger partial charge in [0, 0.05) is 70.1 Å². The van der Waals surface area contributed by atoms with Gasteiger partial charge in [-0.3, -0.25) is 19.5 Å². The fourth-order valence-electron chi connectivity index (χ4n) is 4.23. The van der Waals surface area contributed by atoms with Crippen molar-refractivity contribution in [2.75, 3.05) is 39.3 Å². The van der Waals surface area contributed by atoms with Gasteiger partial charge in [0.25, 0.3) is 0 Å². The number of piperidine rings is 1. The van der Waals surface area contributed by atoms with Gasteiger partial charge in [-0.25, -0.2) is 0 Å². The molecule has 9 nitrogen and oxygen atoms in total. The van der Waals surface area contributed by atoms with Crippen LogP contribution < -0.4 is 0 Å². The van der Waals surface area contributed by atoms with E-state index in [0.717, 1.165) is 44.6 Å². The standard InChI is InChI=1S/C22H30N6O3/c1-17(22(30)28-10-3-2-4-11-28)26-12-14-27(15-13-26)20(29)8-7-19-24-21(25-31-19)18-6-5-9-23-16-18/h5-6,9,16-17H,2-4,7-8,10-15H2,1H3. The van der Waals surface area contributed by atoms with Crippen molar-refractivity contribution in [3.05, 3.63) is 30.4 Å². The molecule has 2 amide bonds. The minimum atomic E-state index is -0.125. The SMILES string of the molecule is CC(C(=O)N1CCCCC1)N1CCN(C(=O)CCc2nc(-c3cccnc3)no2)CC1. The monoisotopic (exact) mass is 426 g/mol. The zero-order chi connectivity index (χ0) is 21.6. The van der Waals surface area contributed by atoms with E-state index in [1.54, 1.807) is 12.4 Å². The Hall–Kier alpha value is -2.81. The molecule has 2 fully saturated rings. The maximum Gasteiger partial charge on any atom is 0.239 e. The van der Waals surface area contributed by atoms with Gasteiger partial charge in [0.1, 0.15) is 0 Å². The molecule has 2 aliphatic rings. The van der Waals surface area contributed by atoms with Gasteiger partial charge >= 0.3 is 0 Å². The summed E-state index contributed by atoms with van der Waals surface area (Å²) in [7, 11) is 0. The molecule has 31 heavy (non-hydrogen) atoms. The highest BCUT2D eigenvalue weighted by Crippen LogP contribution is 2.16. The molecule has 0 aromatic carbocycles. The first-order chi connectivity index (χ1) is 15.1. The Morgan fingerprint density at radius 3 is 2.55 bits per heavy atom. The number of piperazine rings is 1. The number of aryl methyl sites for hydroxylation is 1. The summed E-state index contributed by atoms with van der Waals surface area (Å²) in [6, 6.07) is 3.55. The molecule has 166 valence electrons. The first-order valence-electron chi connectivity index (χ1n) is 11.2. The molecule has 2 aliphatic heterocycles. The van der Waals surface area contributed by atoms with Crippen LogP contribution in [0.5, 0.6) is 0 Å². The van der Waals surface area contributed by atoms with Crippen LogP contribution in [0.3, 0.4) is 0 Å². The Bertz CT molecular complexity index is 872. The Kier molecular flexibility index (Phi) is 6.91. The molecule has 4 heterocycles. The van der Waals surface area contributed by atoms with E-state index in [1.165, 1.54) is 6.42 Å². The molecule has 4 rings (SSSR count). The van der Waals surface area contributed by atoms with Gasteiger partial charge in [-0.2, -0.15) is 4.98 Å². The molecule has 2 aromatic heterocycles. The number of nitrogens with zero attached hydrogens (tertiary/aromatic N) is 6. The largest absolute Gasteiger partial charge is 0.341 e. The van der Waals surface area contributed by atoms with E-state index in [9.17, 15) is 9.59 Å². The number of carbonyl (C=O) groups is 2. The van der Waals surface area contributed by atoms with Crippen molar-refractivity contribution in [2.45, 2.75) is 45.1 Å². The summed E-state index contributed by atoms with van der Waals surface area (Å²) in [5, 5.41) is 3.97. The Balaban J connectivity index is 1.22. The second-order valence-corrected chi connectivity index (χ2v) is 8.23. The Labute approximate surface area is 182 Å². The molecule has 2 aromatic rings. The van der Waals surface area contributed by atoms with Crippen molar-refractivity contribution in [3.63, 3.8) is 0 Å². The predicted octanol–water partition coefficient (Wildman–Crippen LogP) is 1.61. The van der Waals surface area contributed by atoms with E-state index in [1.807, 2.05) is 28.9 Å². The number of amides is 2. The minimum Gasteiger partial charge on any atom is -0.341 e. The topological polar surface area (TPSA) is 95.7 Å². The Morgan fingerprint density at radius 1 is 1.06 bits per heavy atom. The van der Waals surface area contributed by atoms with E-state index >= 15 is 0 Å². The number of aromatic nitrogens is 3. The number of likely N-dealkylation sites (tertiary alicyclic amines) is 1. The van der Waals surface area contributed by atoms with Crippen LogP contribution in [0.2, 0.25) is 0 Å². The third-order valence-electron chi connectivity index (χ3n) is 6.18. The van der Waals surface area contributed by atoms with E-state index < -0.39 is 0 Å². The van der Waals surface area contributed by atoms with E-state index in [0.29, 0.717) is 37.6 Å². The third kappa shape index (κ3) is 5.28. The molecule has 2 saturated heterocycles. The summed E-state index contributed by atoms with van der Waals surface area (Å²) in [6.07, 6.45) is 7.53. The number of rotatable bonds is 6. The van der Waals surface area contributed by atoms with Crippen molar-refractivity contribution in [3.8, 4) is 11.4 Å².